The van der Waals surface area contributed by atoms with Crippen molar-refractivity contribution in [3.05, 3.63) is 163 Å². The minimum atomic E-state index is -0.0779. The van der Waals surface area contributed by atoms with Gasteiger partial charge in [0, 0.05) is 27.9 Å². The Morgan fingerprint density at radius 2 is 0.900 bits per heavy atom. The molecule has 0 bridgehead atoms. The van der Waals surface area contributed by atoms with Crippen LogP contribution in [0.4, 0.5) is 17.1 Å². The number of rotatable bonds is 5. The molecule has 1 nitrogen and oxygen atoms in total. The Labute approximate surface area is 237 Å². The van der Waals surface area contributed by atoms with Crippen molar-refractivity contribution in [2.45, 2.75) is 19.3 Å². The normalized spacial score (nSPS) is 12.9. The average Bonchev–Trinajstić information content (AvgIpc) is 3.25. The standard InChI is InChI=1S/C39H31N/c1-39(2)36-24-13-12-21-34(36)35-26-25-31(27-37(35)39)40(30-19-10-5-11-20-30)38-32(28-15-6-3-7-16-28)22-14-23-33(38)29-17-8-4-9-18-29/h3-27H,1-2H3. The third-order valence-electron chi connectivity index (χ3n) is 8.27. The first-order valence-corrected chi connectivity index (χ1v) is 14.0. The minimum Gasteiger partial charge on any atom is -0.309 e. The summed E-state index contributed by atoms with van der Waals surface area (Å²) in [6.45, 7) is 4.70. The third-order valence-corrected chi connectivity index (χ3v) is 8.27. The summed E-state index contributed by atoms with van der Waals surface area (Å²) in [6.07, 6.45) is 0. The van der Waals surface area contributed by atoms with Gasteiger partial charge in [0.1, 0.15) is 0 Å². The van der Waals surface area contributed by atoms with E-state index in [-0.39, 0.29) is 5.41 Å². The lowest BCUT2D eigenvalue weighted by Crippen LogP contribution is -2.17. The molecule has 1 heteroatoms. The number of para-hydroxylation sites is 2. The maximum atomic E-state index is 2.45. The number of benzene rings is 6. The molecule has 1 aliphatic rings. The number of fused-ring (bicyclic) bond motifs is 3. The summed E-state index contributed by atoms with van der Waals surface area (Å²) in [5.74, 6) is 0. The van der Waals surface area contributed by atoms with Crippen LogP contribution in [0.1, 0.15) is 25.0 Å². The van der Waals surface area contributed by atoms with Crippen LogP contribution >= 0.6 is 0 Å². The molecule has 0 spiro atoms. The Hall–Kier alpha value is -4.88. The van der Waals surface area contributed by atoms with E-state index in [1.165, 1.54) is 50.2 Å². The van der Waals surface area contributed by atoms with Crippen molar-refractivity contribution in [3.8, 4) is 33.4 Å². The van der Waals surface area contributed by atoms with Crippen molar-refractivity contribution in [3.63, 3.8) is 0 Å². The molecule has 0 atom stereocenters. The van der Waals surface area contributed by atoms with Crippen LogP contribution in [0, 0.1) is 0 Å². The molecular formula is C39H31N. The van der Waals surface area contributed by atoms with Crippen LogP contribution in [0.5, 0.6) is 0 Å². The summed E-state index contributed by atoms with van der Waals surface area (Å²) in [5.41, 5.74) is 13.6. The summed E-state index contributed by atoms with van der Waals surface area (Å²) < 4.78 is 0. The lowest BCUT2D eigenvalue weighted by molar-refractivity contribution is 0.660. The third kappa shape index (κ3) is 3.94. The molecule has 6 aromatic carbocycles. The molecule has 0 aliphatic heterocycles. The number of hydrogen-bond acceptors (Lipinski definition) is 1. The van der Waals surface area contributed by atoms with E-state index in [0.717, 1.165) is 11.4 Å². The van der Waals surface area contributed by atoms with E-state index in [4.69, 9.17) is 0 Å². The molecule has 7 rings (SSSR count). The fourth-order valence-corrected chi connectivity index (χ4v) is 6.30. The number of nitrogens with zero attached hydrogens (tertiary/aromatic N) is 1. The Kier molecular flexibility index (Phi) is 5.86. The van der Waals surface area contributed by atoms with Gasteiger partial charge in [-0.2, -0.15) is 0 Å². The van der Waals surface area contributed by atoms with Crippen molar-refractivity contribution >= 4 is 17.1 Å². The predicted octanol–water partition coefficient (Wildman–Crippen LogP) is 10.8. The molecule has 0 saturated carbocycles. The molecule has 40 heavy (non-hydrogen) atoms. The highest BCUT2D eigenvalue weighted by molar-refractivity contribution is 5.98. The second-order valence-electron chi connectivity index (χ2n) is 11.0. The first kappa shape index (κ1) is 24.2. The summed E-state index contributed by atoms with van der Waals surface area (Å²) >= 11 is 0. The van der Waals surface area contributed by atoms with Crippen LogP contribution in [0.15, 0.2) is 152 Å². The molecule has 0 aromatic heterocycles. The van der Waals surface area contributed by atoms with Gasteiger partial charge in [0.05, 0.1) is 5.69 Å². The molecule has 1 aliphatic carbocycles. The highest BCUT2D eigenvalue weighted by Crippen LogP contribution is 2.52. The van der Waals surface area contributed by atoms with Crippen molar-refractivity contribution in [1.82, 2.24) is 0 Å². The Bertz CT molecular complexity index is 1740. The van der Waals surface area contributed by atoms with Gasteiger partial charge < -0.3 is 4.90 Å². The highest BCUT2D eigenvalue weighted by atomic mass is 15.1. The SMILES string of the molecule is CC1(C)c2ccccc2-c2ccc(N(c3ccccc3)c3c(-c4ccccc4)cccc3-c3ccccc3)cc21. The Balaban J connectivity index is 1.52. The fraction of sp³-hybridized carbons (Fsp3) is 0.0769. The van der Waals surface area contributed by atoms with Crippen LogP contribution in [0.2, 0.25) is 0 Å². The summed E-state index contributed by atoms with van der Waals surface area (Å²) in [4.78, 5) is 2.45. The summed E-state index contributed by atoms with van der Waals surface area (Å²) in [5, 5.41) is 0. The van der Waals surface area contributed by atoms with E-state index >= 15 is 0 Å². The average molecular weight is 514 g/mol. The molecular weight excluding hydrogens is 482 g/mol. The zero-order chi connectivity index (χ0) is 27.1. The molecule has 0 N–H and O–H groups in total. The predicted molar refractivity (Wildman–Crippen MR) is 170 cm³/mol. The van der Waals surface area contributed by atoms with Gasteiger partial charge in [-0.25, -0.2) is 0 Å². The quantitative estimate of drug-likeness (QED) is 0.222. The summed E-state index contributed by atoms with van der Waals surface area (Å²) in [7, 11) is 0. The molecule has 6 aromatic rings. The van der Waals surface area contributed by atoms with Gasteiger partial charge in [-0.1, -0.05) is 141 Å². The van der Waals surface area contributed by atoms with E-state index in [1.54, 1.807) is 0 Å². The topological polar surface area (TPSA) is 3.24 Å². The summed E-state index contributed by atoms with van der Waals surface area (Å²) in [6, 6.07) is 54.8. The van der Waals surface area contributed by atoms with Gasteiger partial charge in [-0.15, -0.1) is 0 Å². The van der Waals surface area contributed by atoms with Crippen molar-refractivity contribution in [1.29, 1.82) is 0 Å². The van der Waals surface area contributed by atoms with Crippen molar-refractivity contribution in [2.24, 2.45) is 0 Å². The van der Waals surface area contributed by atoms with E-state index < -0.39 is 0 Å². The molecule has 0 unspecified atom stereocenters. The van der Waals surface area contributed by atoms with Gasteiger partial charge in [-0.3, -0.25) is 0 Å². The second-order valence-corrected chi connectivity index (χ2v) is 11.0. The van der Waals surface area contributed by atoms with Crippen LogP contribution in [0.25, 0.3) is 33.4 Å². The molecule has 192 valence electrons. The lowest BCUT2D eigenvalue weighted by Gasteiger charge is -2.31. The van der Waals surface area contributed by atoms with E-state index in [9.17, 15) is 0 Å². The van der Waals surface area contributed by atoms with Crippen molar-refractivity contribution in [2.75, 3.05) is 4.90 Å². The minimum absolute atomic E-state index is 0.0779. The van der Waals surface area contributed by atoms with Gasteiger partial charge in [0.2, 0.25) is 0 Å². The van der Waals surface area contributed by atoms with Crippen molar-refractivity contribution < 1.29 is 0 Å². The van der Waals surface area contributed by atoms with E-state index in [0.29, 0.717) is 0 Å². The van der Waals surface area contributed by atoms with Gasteiger partial charge >= 0.3 is 0 Å². The molecule has 0 fully saturated rings. The van der Waals surface area contributed by atoms with E-state index in [2.05, 4.69) is 170 Å². The Morgan fingerprint density at radius 3 is 1.52 bits per heavy atom. The Morgan fingerprint density at radius 1 is 0.400 bits per heavy atom. The first-order valence-electron chi connectivity index (χ1n) is 14.0. The molecule has 0 heterocycles. The van der Waals surface area contributed by atoms with Crippen LogP contribution < -0.4 is 4.90 Å². The van der Waals surface area contributed by atoms with Crippen LogP contribution in [0.3, 0.4) is 0 Å². The molecule has 0 amide bonds. The fourth-order valence-electron chi connectivity index (χ4n) is 6.30. The van der Waals surface area contributed by atoms with Crippen LogP contribution in [-0.2, 0) is 5.41 Å². The van der Waals surface area contributed by atoms with Crippen LogP contribution in [-0.4, -0.2) is 0 Å². The lowest BCUT2D eigenvalue weighted by atomic mass is 9.82. The number of anilines is 3. The first-order chi connectivity index (χ1) is 19.6. The monoisotopic (exact) mass is 513 g/mol. The smallest absolute Gasteiger partial charge is 0.0618 e. The molecule has 0 radical (unpaired) electrons. The second kappa shape index (κ2) is 9.70. The zero-order valence-electron chi connectivity index (χ0n) is 22.9. The van der Waals surface area contributed by atoms with Gasteiger partial charge in [0.25, 0.3) is 0 Å². The maximum Gasteiger partial charge on any atom is 0.0618 e. The van der Waals surface area contributed by atoms with Gasteiger partial charge in [0.15, 0.2) is 0 Å². The largest absolute Gasteiger partial charge is 0.309 e. The van der Waals surface area contributed by atoms with Gasteiger partial charge in [-0.05, 0) is 57.6 Å². The number of hydrogen-bond donors (Lipinski definition) is 0. The zero-order valence-corrected chi connectivity index (χ0v) is 22.9. The van der Waals surface area contributed by atoms with E-state index in [1.807, 2.05) is 0 Å². The highest BCUT2D eigenvalue weighted by Gasteiger charge is 2.36. The maximum absolute atomic E-state index is 2.45. The molecule has 0 saturated heterocycles.